The van der Waals surface area contributed by atoms with E-state index in [4.69, 9.17) is 18.9 Å². The summed E-state index contributed by atoms with van der Waals surface area (Å²) in [6.45, 7) is 2.28. The Morgan fingerprint density at radius 2 is 1.39 bits per heavy atom. The molecule has 4 aromatic carbocycles. The van der Waals surface area contributed by atoms with Crippen molar-refractivity contribution in [2.45, 2.75) is 26.7 Å². The Labute approximate surface area is 210 Å². The van der Waals surface area contributed by atoms with Crippen LogP contribution >= 0.6 is 0 Å². The first-order valence-electron chi connectivity index (χ1n) is 11.5. The molecule has 4 aromatic rings. The van der Waals surface area contributed by atoms with Gasteiger partial charge in [0.25, 0.3) is 0 Å². The van der Waals surface area contributed by atoms with Gasteiger partial charge in [-0.25, -0.2) is 0 Å². The van der Waals surface area contributed by atoms with E-state index in [1.165, 1.54) is 7.11 Å². The van der Waals surface area contributed by atoms with E-state index in [0.29, 0.717) is 48.1 Å². The summed E-state index contributed by atoms with van der Waals surface area (Å²) < 4.78 is 23.6. The highest BCUT2D eigenvalue weighted by atomic mass is 16.5. The van der Waals surface area contributed by atoms with Gasteiger partial charge in [0.2, 0.25) is 0 Å². The number of aryl methyl sites for hydroxylation is 1. The van der Waals surface area contributed by atoms with Crippen molar-refractivity contribution in [3.63, 3.8) is 0 Å². The molecular formula is C30H28O6. The average molecular weight is 485 g/mol. The van der Waals surface area contributed by atoms with E-state index in [1.807, 2.05) is 73.7 Å². The molecule has 36 heavy (non-hydrogen) atoms. The number of rotatable bonds is 11. The van der Waals surface area contributed by atoms with Crippen LogP contribution in [-0.4, -0.2) is 18.5 Å². The van der Waals surface area contributed by atoms with Crippen LogP contribution in [0.1, 0.15) is 32.6 Å². The van der Waals surface area contributed by atoms with Gasteiger partial charge in [0.05, 0.1) is 24.8 Å². The maximum Gasteiger partial charge on any atom is 0.180 e. The molecule has 0 unspecified atom stereocenters. The highest BCUT2D eigenvalue weighted by Crippen LogP contribution is 2.41. The topological polar surface area (TPSA) is 74.2 Å². The fourth-order valence-electron chi connectivity index (χ4n) is 3.74. The molecule has 6 nitrogen and oxygen atoms in total. The van der Waals surface area contributed by atoms with Crippen LogP contribution in [0.2, 0.25) is 0 Å². The molecular weight excluding hydrogens is 456 g/mol. The third kappa shape index (κ3) is 6.03. The van der Waals surface area contributed by atoms with Crippen molar-refractivity contribution >= 4 is 6.29 Å². The van der Waals surface area contributed by atoms with E-state index in [-0.39, 0.29) is 17.9 Å². The minimum atomic E-state index is -0.309. The quantitative estimate of drug-likeness (QED) is 0.253. The van der Waals surface area contributed by atoms with E-state index in [1.54, 1.807) is 18.2 Å². The molecule has 6 heteroatoms. The molecule has 0 amide bonds. The van der Waals surface area contributed by atoms with Gasteiger partial charge in [-0.15, -0.1) is 0 Å². The Balaban J connectivity index is 1.62. The lowest BCUT2D eigenvalue weighted by atomic mass is 10.1. The van der Waals surface area contributed by atoms with Gasteiger partial charge < -0.3 is 24.1 Å². The van der Waals surface area contributed by atoms with Crippen LogP contribution in [0, 0.1) is 6.92 Å². The van der Waals surface area contributed by atoms with Crippen molar-refractivity contribution in [1.29, 1.82) is 0 Å². The van der Waals surface area contributed by atoms with E-state index < -0.39 is 0 Å². The first-order valence-corrected chi connectivity index (χ1v) is 11.5. The van der Waals surface area contributed by atoms with E-state index >= 15 is 0 Å². The Kier molecular flexibility index (Phi) is 8.21. The molecule has 0 fully saturated rings. The standard InChI is InChI=1S/C30H28O6/c1-21-13-27(35-20-23-11-7-4-8-12-23)26(18-32)28(14-21)36-30-24(17-31)15-25(16-29(30)33-2)34-19-22-9-5-3-6-10-22/h3-17,32H,18-20H2,1-2H3. The molecule has 184 valence electrons. The van der Waals surface area contributed by atoms with Crippen LogP contribution in [0.15, 0.2) is 84.9 Å². The van der Waals surface area contributed by atoms with Gasteiger partial charge in [-0.1, -0.05) is 60.7 Å². The summed E-state index contributed by atoms with van der Waals surface area (Å²) >= 11 is 0. The smallest absolute Gasteiger partial charge is 0.180 e. The number of hydrogen-bond acceptors (Lipinski definition) is 6. The third-order valence-corrected chi connectivity index (χ3v) is 5.57. The molecule has 0 saturated heterocycles. The van der Waals surface area contributed by atoms with E-state index in [0.717, 1.165) is 16.7 Å². The number of hydrogen-bond donors (Lipinski definition) is 1. The number of carbonyl (C=O) groups is 1. The molecule has 0 aliphatic rings. The summed E-state index contributed by atoms with van der Waals surface area (Å²) in [7, 11) is 1.50. The zero-order chi connectivity index (χ0) is 25.3. The number of aliphatic hydroxyl groups is 1. The molecule has 0 bridgehead atoms. The summed E-state index contributed by atoms with van der Waals surface area (Å²) in [5, 5.41) is 10.2. The summed E-state index contributed by atoms with van der Waals surface area (Å²) in [5.74, 6) is 1.92. The van der Waals surface area contributed by atoms with Gasteiger partial charge in [-0.05, 0) is 41.8 Å². The molecule has 0 atom stereocenters. The number of carbonyl (C=O) groups excluding carboxylic acids is 1. The van der Waals surface area contributed by atoms with Gasteiger partial charge in [0.1, 0.15) is 30.5 Å². The average Bonchev–Trinajstić information content (AvgIpc) is 2.92. The zero-order valence-electron chi connectivity index (χ0n) is 20.3. The first kappa shape index (κ1) is 24.8. The number of aliphatic hydroxyl groups excluding tert-OH is 1. The number of methoxy groups -OCH3 is 1. The van der Waals surface area contributed by atoms with Crippen molar-refractivity contribution in [3.8, 4) is 28.7 Å². The summed E-state index contributed by atoms with van der Waals surface area (Å²) in [6, 6.07) is 26.4. The molecule has 0 aliphatic carbocycles. The highest BCUT2D eigenvalue weighted by molar-refractivity contribution is 5.82. The van der Waals surface area contributed by atoms with Gasteiger partial charge in [-0.3, -0.25) is 4.79 Å². The molecule has 0 saturated carbocycles. The summed E-state index contributed by atoms with van der Waals surface area (Å²) in [5.41, 5.74) is 3.61. The monoisotopic (exact) mass is 484 g/mol. The van der Waals surface area contributed by atoms with Crippen molar-refractivity contribution in [2.24, 2.45) is 0 Å². The SMILES string of the molecule is COc1cc(OCc2ccccc2)cc(C=O)c1Oc1cc(C)cc(OCc2ccccc2)c1CO. The summed E-state index contributed by atoms with van der Waals surface area (Å²) in [6.07, 6.45) is 0.689. The van der Waals surface area contributed by atoms with E-state index in [9.17, 15) is 9.90 Å². The molecule has 0 aliphatic heterocycles. The Morgan fingerprint density at radius 3 is 1.97 bits per heavy atom. The lowest BCUT2D eigenvalue weighted by Crippen LogP contribution is -2.03. The van der Waals surface area contributed by atoms with Gasteiger partial charge in [0, 0.05) is 6.07 Å². The van der Waals surface area contributed by atoms with Crippen molar-refractivity contribution in [1.82, 2.24) is 0 Å². The van der Waals surface area contributed by atoms with Crippen LogP contribution < -0.4 is 18.9 Å². The predicted octanol–water partition coefficient (Wildman–Crippen LogP) is 6.26. The van der Waals surface area contributed by atoms with Crippen LogP contribution in [0.4, 0.5) is 0 Å². The minimum Gasteiger partial charge on any atom is -0.493 e. The molecule has 0 spiro atoms. The molecule has 4 rings (SSSR count). The molecule has 1 N–H and O–H groups in total. The van der Waals surface area contributed by atoms with Gasteiger partial charge in [0.15, 0.2) is 17.8 Å². The zero-order valence-corrected chi connectivity index (χ0v) is 20.3. The predicted molar refractivity (Wildman–Crippen MR) is 137 cm³/mol. The van der Waals surface area contributed by atoms with Crippen molar-refractivity contribution in [2.75, 3.05) is 7.11 Å². The lowest BCUT2D eigenvalue weighted by molar-refractivity contribution is 0.112. The fraction of sp³-hybridized carbons (Fsp3) is 0.167. The summed E-state index contributed by atoms with van der Waals surface area (Å²) in [4.78, 5) is 12.0. The fourth-order valence-corrected chi connectivity index (χ4v) is 3.74. The second-order valence-corrected chi connectivity index (χ2v) is 8.21. The molecule has 0 aromatic heterocycles. The minimum absolute atomic E-state index is 0.230. The van der Waals surface area contributed by atoms with Crippen molar-refractivity contribution in [3.05, 3.63) is 113 Å². The van der Waals surface area contributed by atoms with Crippen LogP contribution in [-0.2, 0) is 19.8 Å². The third-order valence-electron chi connectivity index (χ3n) is 5.57. The Hall–Kier alpha value is -4.29. The second-order valence-electron chi connectivity index (χ2n) is 8.21. The maximum absolute atomic E-state index is 12.0. The highest BCUT2D eigenvalue weighted by Gasteiger charge is 2.19. The first-order chi connectivity index (χ1) is 17.6. The van der Waals surface area contributed by atoms with Crippen LogP contribution in [0.5, 0.6) is 28.7 Å². The van der Waals surface area contributed by atoms with Crippen molar-refractivity contribution < 1.29 is 28.8 Å². The van der Waals surface area contributed by atoms with Gasteiger partial charge >= 0.3 is 0 Å². The lowest BCUT2D eigenvalue weighted by Gasteiger charge is -2.19. The Bertz CT molecular complexity index is 1300. The molecule has 0 radical (unpaired) electrons. The van der Waals surface area contributed by atoms with Gasteiger partial charge in [-0.2, -0.15) is 0 Å². The number of ether oxygens (including phenoxy) is 4. The maximum atomic E-state index is 12.0. The van der Waals surface area contributed by atoms with E-state index in [2.05, 4.69) is 0 Å². The molecule has 0 heterocycles. The second kappa shape index (κ2) is 11.9. The Morgan fingerprint density at radius 1 is 0.778 bits per heavy atom. The van der Waals surface area contributed by atoms with Crippen LogP contribution in [0.3, 0.4) is 0 Å². The van der Waals surface area contributed by atoms with Crippen LogP contribution in [0.25, 0.3) is 0 Å². The number of benzene rings is 4. The largest absolute Gasteiger partial charge is 0.493 e. The normalized spacial score (nSPS) is 10.5. The number of aldehydes is 1.